The minimum Gasteiger partial charge on any atom is -0.462 e. The fourth-order valence-electron chi connectivity index (χ4n) is 9.78. The summed E-state index contributed by atoms with van der Waals surface area (Å²) in [5.74, 6) is 0.757. The van der Waals surface area contributed by atoms with Crippen LogP contribution < -0.4 is 0 Å². The number of phosphoric acid groups is 2. The molecule has 0 aromatic carbocycles. The molecule has 85 heavy (non-hydrogen) atoms. The Kier molecular flexibility index (Phi) is 54.8. The van der Waals surface area contributed by atoms with Crippen molar-refractivity contribution in [2.75, 3.05) is 39.6 Å². The highest BCUT2D eigenvalue weighted by Crippen LogP contribution is 2.45. The van der Waals surface area contributed by atoms with Crippen molar-refractivity contribution in [1.82, 2.24) is 0 Å². The molecule has 0 aromatic heterocycles. The van der Waals surface area contributed by atoms with Crippen LogP contribution in [0, 0.1) is 23.7 Å². The smallest absolute Gasteiger partial charge is 0.462 e. The Balaban J connectivity index is 5.25. The summed E-state index contributed by atoms with van der Waals surface area (Å²) >= 11 is 0. The summed E-state index contributed by atoms with van der Waals surface area (Å²) in [5, 5.41) is 10.5. The van der Waals surface area contributed by atoms with E-state index in [0.29, 0.717) is 31.6 Å². The fraction of sp³-hybridized carbons (Fsp3) is 0.939. The molecule has 3 N–H and O–H groups in total. The number of unbranched alkanes of at least 4 members (excludes halogenated alkanes) is 29. The third-order valence-electron chi connectivity index (χ3n) is 15.1. The second kappa shape index (κ2) is 56.1. The van der Waals surface area contributed by atoms with Gasteiger partial charge < -0.3 is 33.8 Å². The fourth-order valence-corrected chi connectivity index (χ4v) is 11.4. The van der Waals surface area contributed by atoms with E-state index in [1.807, 2.05) is 0 Å². The molecular weight excluding hydrogens is 1130 g/mol. The number of esters is 4. The van der Waals surface area contributed by atoms with Gasteiger partial charge in [0.1, 0.15) is 19.3 Å². The summed E-state index contributed by atoms with van der Waals surface area (Å²) in [6.07, 6.45) is 36.4. The second-order valence-electron chi connectivity index (χ2n) is 25.8. The highest BCUT2D eigenvalue weighted by molar-refractivity contribution is 7.47. The second-order valence-corrected chi connectivity index (χ2v) is 28.7. The number of ether oxygens (including phenoxy) is 4. The summed E-state index contributed by atoms with van der Waals surface area (Å²) < 4.78 is 68.1. The number of hydrogen-bond donors (Lipinski definition) is 3. The van der Waals surface area contributed by atoms with Crippen LogP contribution in [0.25, 0.3) is 0 Å². The van der Waals surface area contributed by atoms with Gasteiger partial charge in [-0.1, -0.05) is 267 Å². The predicted octanol–water partition coefficient (Wildman–Crippen LogP) is 18.1. The average Bonchev–Trinajstić information content (AvgIpc) is 3.57. The number of rotatable bonds is 63. The maximum Gasteiger partial charge on any atom is 0.472 e. The van der Waals surface area contributed by atoms with Crippen LogP contribution in [0.5, 0.6) is 0 Å². The van der Waals surface area contributed by atoms with Gasteiger partial charge in [0.2, 0.25) is 0 Å². The molecule has 0 spiro atoms. The van der Waals surface area contributed by atoms with Gasteiger partial charge in [0.25, 0.3) is 0 Å². The number of carbonyl (C=O) groups is 4. The normalized spacial score (nSPS) is 14.4. The van der Waals surface area contributed by atoms with Gasteiger partial charge in [0, 0.05) is 25.7 Å². The topological polar surface area (TPSA) is 237 Å². The van der Waals surface area contributed by atoms with Crippen molar-refractivity contribution < 1.29 is 80.2 Å². The molecule has 0 aliphatic heterocycles. The molecular formula is C66H128O17P2. The van der Waals surface area contributed by atoms with E-state index in [2.05, 4.69) is 55.4 Å². The van der Waals surface area contributed by atoms with E-state index in [-0.39, 0.29) is 25.7 Å². The molecule has 0 bridgehead atoms. The zero-order valence-electron chi connectivity index (χ0n) is 55.2. The zero-order valence-corrected chi connectivity index (χ0v) is 57.0. The summed E-state index contributed by atoms with van der Waals surface area (Å²) in [6.45, 7) is 14.0. The van der Waals surface area contributed by atoms with Crippen molar-refractivity contribution in [3.05, 3.63) is 0 Å². The van der Waals surface area contributed by atoms with E-state index in [1.165, 1.54) is 116 Å². The minimum atomic E-state index is -4.95. The maximum absolute atomic E-state index is 13.0. The summed E-state index contributed by atoms with van der Waals surface area (Å²) in [4.78, 5) is 72.3. The van der Waals surface area contributed by atoms with Crippen LogP contribution in [0.4, 0.5) is 0 Å². The van der Waals surface area contributed by atoms with Crippen molar-refractivity contribution in [2.45, 2.75) is 337 Å². The van der Waals surface area contributed by atoms with Gasteiger partial charge >= 0.3 is 39.5 Å². The minimum absolute atomic E-state index is 0.104. The van der Waals surface area contributed by atoms with Crippen LogP contribution in [0.3, 0.4) is 0 Å². The largest absolute Gasteiger partial charge is 0.472 e. The SMILES string of the molecule is CC(C)CCCCCCCCCCCCC(=O)O[C@H](COC(=O)CCCCCCCCC(C)C)COP(=O)(O)OCC(O)COP(=O)(O)OC[C@@H](COC(=O)CCCCCCCCCCC(C)C)OC(=O)CCCCCCCCCCCC(C)C. The van der Waals surface area contributed by atoms with Crippen LogP contribution >= 0.6 is 15.6 Å². The van der Waals surface area contributed by atoms with E-state index < -0.39 is 97.5 Å². The molecule has 0 aromatic rings. The lowest BCUT2D eigenvalue weighted by Crippen LogP contribution is -2.30. The van der Waals surface area contributed by atoms with E-state index in [9.17, 15) is 43.2 Å². The van der Waals surface area contributed by atoms with Crippen LogP contribution in [0.15, 0.2) is 0 Å². The highest BCUT2D eigenvalue weighted by atomic mass is 31.2. The maximum atomic E-state index is 13.0. The van der Waals surface area contributed by atoms with Crippen molar-refractivity contribution in [1.29, 1.82) is 0 Å². The van der Waals surface area contributed by atoms with Crippen molar-refractivity contribution in [3.8, 4) is 0 Å². The van der Waals surface area contributed by atoms with Gasteiger partial charge in [-0.25, -0.2) is 9.13 Å². The highest BCUT2D eigenvalue weighted by Gasteiger charge is 2.30. The first-order chi connectivity index (χ1) is 40.6. The quantitative estimate of drug-likeness (QED) is 0.0222. The lowest BCUT2D eigenvalue weighted by atomic mass is 10.0. The molecule has 0 rings (SSSR count). The molecule has 5 atom stereocenters. The third kappa shape index (κ3) is 60.7. The van der Waals surface area contributed by atoms with Gasteiger partial charge in [-0.05, 0) is 49.4 Å². The first-order valence-corrected chi connectivity index (χ1v) is 37.2. The molecule has 19 heteroatoms. The Morgan fingerprint density at radius 3 is 0.729 bits per heavy atom. The number of aliphatic hydroxyl groups excluding tert-OH is 1. The van der Waals surface area contributed by atoms with Gasteiger partial charge in [0.15, 0.2) is 12.2 Å². The molecule has 504 valence electrons. The Labute approximate surface area is 517 Å². The average molecular weight is 1260 g/mol. The molecule has 0 heterocycles. The zero-order chi connectivity index (χ0) is 63.2. The van der Waals surface area contributed by atoms with Gasteiger partial charge in [-0.15, -0.1) is 0 Å². The summed E-state index contributed by atoms with van der Waals surface area (Å²) in [7, 11) is -9.89. The molecule has 17 nitrogen and oxygen atoms in total. The molecule has 0 aliphatic rings. The van der Waals surface area contributed by atoms with Crippen molar-refractivity contribution in [2.24, 2.45) is 23.7 Å². The Morgan fingerprint density at radius 1 is 0.294 bits per heavy atom. The van der Waals surface area contributed by atoms with Crippen LogP contribution in [-0.4, -0.2) is 96.7 Å². The van der Waals surface area contributed by atoms with E-state index in [4.69, 9.17) is 37.0 Å². The molecule has 0 aliphatic carbocycles. The number of carbonyl (C=O) groups excluding carboxylic acids is 4. The Hall–Kier alpha value is -1.94. The summed E-state index contributed by atoms with van der Waals surface area (Å²) in [5.41, 5.74) is 0. The van der Waals surface area contributed by atoms with Gasteiger partial charge in [0.05, 0.1) is 26.4 Å². The lowest BCUT2D eigenvalue weighted by Gasteiger charge is -2.21. The van der Waals surface area contributed by atoms with Crippen LogP contribution in [0.1, 0.15) is 319 Å². The lowest BCUT2D eigenvalue weighted by molar-refractivity contribution is -0.161. The van der Waals surface area contributed by atoms with Crippen molar-refractivity contribution in [3.63, 3.8) is 0 Å². The Bertz CT molecular complexity index is 1700. The Morgan fingerprint density at radius 2 is 0.494 bits per heavy atom. The van der Waals surface area contributed by atoms with E-state index in [0.717, 1.165) is 114 Å². The molecule has 0 amide bonds. The van der Waals surface area contributed by atoms with E-state index in [1.54, 1.807) is 0 Å². The summed E-state index contributed by atoms with van der Waals surface area (Å²) in [6, 6.07) is 0. The first-order valence-electron chi connectivity index (χ1n) is 34.2. The molecule has 0 fully saturated rings. The molecule has 0 radical (unpaired) electrons. The monoisotopic (exact) mass is 1250 g/mol. The molecule has 3 unspecified atom stereocenters. The molecule has 0 saturated carbocycles. The predicted molar refractivity (Wildman–Crippen MR) is 340 cm³/mol. The van der Waals surface area contributed by atoms with Crippen LogP contribution in [0.2, 0.25) is 0 Å². The standard InChI is InChI=1S/C66H128O17P2/c1-56(2)42-34-26-18-12-9-10-14-22-32-40-48-65(70)83-62(53-77-64(69)47-39-31-25-24-29-37-45-59(7)8)55-81-85(74,75)79-51-60(67)50-78-84(72,73)80-54-61(52-76-63(68)46-38-30-21-17-16-20-28-36-44-58(5)6)82-66(71)49-41-33-23-15-11-13-19-27-35-43-57(3)4/h56-62,67H,9-55H2,1-8H3,(H,72,73)(H,74,75)/t60?,61-,62-/m1/s1. The van der Waals surface area contributed by atoms with Gasteiger partial charge in [-0.2, -0.15) is 0 Å². The van der Waals surface area contributed by atoms with E-state index >= 15 is 0 Å². The van der Waals surface area contributed by atoms with Crippen LogP contribution in [-0.2, 0) is 65.4 Å². The third-order valence-corrected chi connectivity index (χ3v) is 17.0. The number of aliphatic hydroxyl groups is 1. The van der Waals surface area contributed by atoms with Gasteiger partial charge in [-0.3, -0.25) is 37.3 Å². The van der Waals surface area contributed by atoms with Crippen molar-refractivity contribution >= 4 is 39.5 Å². The molecule has 0 saturated heterocycles. The number of hydrogen-bond acceptors (Lipinski definition) is 15. The number of phosphoric ester groups is 2. The first kappa shape index (κ1) is 83.1.